The van der Waals surface area contributed by atoms with Gasteiger partial charge in [0, 0.05) is 21.9 Å². The molecule has 2 aromatic rings. The summed E-state index contributed by atoms with van der Waals surface area (Å²) < 4.78 is 0. The smallest absolute Gasteiger partial charge is 0.0937 e. The summed E-state index contributed by atoms with van der Waals surface area (Å²) in [5, 5.41) is 14.6. The fourth-order valence-electron chi connectivity index (χ4n) is 3.36. The van der Waals surface area contributed by atoms with Gasteiger partial charge in [0.1, 0.15) is 0 Å². The van der Waals surface area contributed by atoms with Gasteiger partial charge in [-0.15, -0.1) is 0 Å². The van der Waals surface area contributed by atoms with Crippen molar-refractivity contribution >= 4 is 23.1 Å². The maximum atomic E-state index is 11.0. The van der Waals surface area contributed by atoms with Crippen molar-refractivity contribution in [3.63, 3.8) is 0 Å². The van der Waals surface area contributed by atoms with E-state index >= 15 is 0 Å². The number of para-hydroxylation sites is 2. The SMILES string of the molecule is CCCCN(CCCC)CC(O)c1cccc2c1Nc1ccccc1S2. The summed E-state index contributed by atoms with van der Waals surface area (Å²) in [5.41, 5.74) is 3.19. The lowest BCUT2D eigenvalue weighted by Gasteiger charge is -2.28. The molecule has 1 aliphatic heterocycles. The molecule has 0 saturated heterocycles. The first-order valence-corrected chi connectivity index (χ1v) is 10.6. The third-order valence-corrected chi connectivity index (χ3v) is 6.01. The second-order valence-corrected chi connectivity index (χ2v) is 8.05. The third kappa shape index (κ3) is 4.61. The van der Waals surface area contributed by atoms with E-state index in [4.69, 9.17) is 0 Å². The van der Waals surface area contributed by atoms with E-state index in [2.05, 4.69) is 60.5 Å². The van der Waals surface area contributed by atoms with Gasteiger partial charge < -0.3 is 15.3 Å². The third-order valence-electron chi connectivity index (χ3n) is 4.87. The molecule has 0 aromatic heterocycles. The quantitative estimate of drug-likeness (QED) is 0.497. The minimum absolute atomic E-state index is 0.475. The van der Waals surface area contributed by atoms with Gasteiger partial charge in [0.05, 0.1) is 17.5 Å². The van der Waals surface area contributed by atoms with E-state index in [1.807, 2.05) is 6.07 Å². The lowest BCUT2D eigenvalue weighted by atomic mass is 10.1. The van der Waals surface area contributed by atoms with Crippen molar-refractivity contribution in [1.82, 2.24) is 4.90 Å². The zero-order valence-corrected chi connectivity index (χ0v) is 16.7. The summed E-state index contributed by atoms with van der Waals surface area (Å²) in [5.74, 6) is 0. The standard InChI is InChI=1S/C22H30N2OS/c1-3-5-14-24(15-6-4-2)16-19(25)17-10-9-13-21-22(17)23-18-11-7-8-12-20(18)26-21/h7-13,19,23,25H,3-6,14-16H2,1-2H3. The second-order valence-electron chi connectivity index (χ2n) is 6.97. The van der Waals surface area contributed by atoms with E-state index in [1.165, 1.54) is 35.5 Å². The molecule has 0 radical (unpaired) electrons. The fourth-order valence-corrected chi connectivity index (χ4v) is 4.39. The van der Waals surface area contributed by atoms with Gasteiger partial charge in [-0.05, 0) is 44.1 Å². The molecular weight excluding hydrogens is 340 g/mol. The van der Waals surface area contributed by atoms with Crippen LogP contribution in [0.4, 0.5) is 11.4 Å². The number of fused-ring (bicyclic) bond motifs is 2. The zero-order chi connectivity index (χ0) is 18.4. The first kappa shape index (κ1) is 19.3. The van der Waals surface area contributed by atoms with Gasteiger partial charge in [0.15, 0.2) is 0 Å². The minimum atomic E-state index is -0.475. The van der Waals surface area contributed by atoms with Crippen LogP contribution in [0, 0.1) is 0 Å². The van der Waals surface area contributed by atoms with Crippen LogP contribution in [0.1, 0.15) is 51.2 Å². The molecule has 2 N–H and O–H groups in total. The number of rotatable bonds is 9. The molecule has 0 spiro atoms. The highest BCUT2D eigenvalue weighted by atomic mass is 32.2. The largest absolute Gasteiger partial charge is 0.387 e. The van der Waals surface area contributed by atoms with Crippen LogP contribution in [-0.2, 0) is 0 Å². The Morgan fingerprint density at radius 3 is 2.38 bits per heavy atom. The van der Waals surface area contributed by atoms with Gasteiger partial charge >= 0.3 is 0 Å². The predicted octanol–water partition coefficient (Wildman–Crippen LogP) is 5.83. The fraction of sp³-hybridized carbons (Fsp3) is 0.455. The molecule has 140 valence electrons. The van der Waals surface area contributed by atoms with Crippen LogP contribution in [0.25, 0.3) is 0 Å². The van der Waals surface area contributed by atoms with E-state index in [-0.39, 0.29) is 0 Å². The monoisotopic (exact) mass is 370 g/mol. The summed E-state index contributed by atoms with van der Waals surface area (Å²) in [6.07, 6.45) is 4.27. The van der Waals surface area contributed by atoms with E-state index in [0.29, 0.717) is 6.54 Å². The van der Waals surface area contributed by atoms with Crippen molar-refractivity contribution < 1.29 is 5.11 Å². The molecule has 1 unspecified atom stereocenters. The summed E-state index contributed by atoms with van der Waals surface area (Å²) in [6.45, 7) is 7.27. The Hall–Kier alpha value is -1.49. The average Bonchev–Trinajstić information content (AvgIpc) is 2.67. The molecule has 1 aliphatic rings. The number of unbranched alkanes of at least 4 members (excludes halogenated alkanes) is 2. The van der Waals surface area contributed by atoms with Gasteiger partial charge in [0.2, 0.25) is 0 Å². The summed E-state index contributed by atoms with van der Waals surface area (Å²) in [6, 6.07) is 14.6. The molecule has 0 fully saturated rings. The number of anilines is 2. The molecule has 0 bridgehead atoms. The number of nitrogens with zero attached hydrogens (tertiary/aromatic N) is 1. The lowest BCUT2D eigenvalue weighted by molar-refractivity contribution is 0.111. The highest BCUT2D eigenvalue weighted by Gasteiger charge is 2.22. The minimum Gasteiger partial charge on any atom is -0.387 e. The number of aliphatic hydroxyl groups is 1. The maximum Gasteiger partial charge on any atom is 0.0937 e. The van der Waals surface area contributed by atoms with E-state index in [1.54, 1.807) is 11.8 Å². The van der Waals surface area contributed by atoms with Crippen LogP contribution in [-0.4, -0.2) is 29.6 Å². The first-order valence-electron chi connectivity index (χ1n) is 9.80. The Kier molecular flexibility index (Phi) is 7.00. The maximum absolute atomic E-state index is 11.0. The molecule has 0 saturated carbocycles. The Bertz CT molecular complexity index is 711. The van der Waals surface area contributed by atoms with E-state index in [0.717, 1.165) is 30.0 Å². The number of hydrogen-bond donors (Lipinski definition) is 2. The van der Waals surface area contributed by atoms with Crippen LogP contribution < -0.4 is 5.32 Å². The van der Waals surface area contributed by atoms with E-state index in [9.17, 15) is 5.11 Å². The van der Waals surface area contributed by atoms with Crippen molar-refractivity contribution in [3.05, 3.63) is 48.0 Å². The normalized spacial score (nSPS) is 13.8. The van der Waals surface area contributed by atoms with Crippen LogP contribution >= 0.6 is 11.8 Å². The van der Waals surface area contributed by atoms with Crippen molar-refractivity contribution in [2.75, 3.05) is 25.0 Å². The summed E-state index contributed by atoms with van der Waals surface area (Å²) in [7, 11) is 0. The predicted molar refractivity (Wildman–Crippen MR) is 112 cm³/mol. The van der Waals surface area contributed by atoms with Crippen molar-refractivity contribution in [3.8, 4) is 0 Å². The zero-order valence-electron chi connectivity index (χ0n) is 15.9. The van der Waals surface area contributed by atoms with Gasteiger partial charge in [-0.1, -0.05) is 62.7 Å². The van der Waals surface area contributed by atoms with E-state index < -0.39 is 6.10 Å². The molecule has 1 atom stereocenters. The Morgan fingerprint density at radius 1 is 0.962 bits per heavy atom. The van der Waals surface area contributed by atoms with Gasteiger partial charge in [0.25, 0.3) is 0 Å². The Labute approximate surface area is 161 Å². The van der Waals surface area contributed by atoms with Crippen molar-refractivity contribution in [1.29, 1.82) is 0 Å². The molecule has 0 amide bonds. The first-order chi connectivity index (χ1) is 12.7. The van der Waals surface area contributed by atoms with Crippen LogP contribution in [0.15, 0.2) is 52.3 Å². The summed E-state index contributed by atoms with van der Waals surface area (Å²) in [4.78, 5) is 4.84. The molecule has 1 heterocycles. The molecule has 4 heteroatoms. The molecule has 0 aliphatic carbocycles. The summed E-state index contributed by atoms with van der Waals surface area (Å²) >= 11 is 1.77. The van der Waals surface area contributed by atoms with Gasteiger partial charge in [-0.3, -0.25) is 0 Å². The van der Waals surface area contributed by atoms with Gasteiger partial charge in [-0.2, -0.15) is 0 Å². The number of nitrogens with one attached hydrogen (secondary N) is 1. The number of aliphatic hydroxyl groups excluding tert-OH is 1. The molecule has 2 aromatic carbocycles. The number of hydrogen-bond acceptors (Lipinski definition) is 4. The van der Waals surface area contributed by atoms with Crippen LogP contribution in [0.5, 0.6) is 0 Å². The second kappa shape index (κ2) is 9.45. The van der Waals surface area contributed by atoms with Crippen molar-refractivity contribution in [2.24, 2.45) is 0 Å². The highest BCUT2D eigenvalue weighted by Crippen LogP contribution is 2.46. The highest BCUT2D eigenvalue weighted by molar-refractivity contribution is 7.99. The topological polar surface area (TPSA) is 35.5 Å². The molecule has 3 rings (SSSR count). The molecular formula is C22H30N2OS. The van der Waals surface area contributed by atoms with Crippen LogP contribution in [0.2, 0.25) is 0 Å². The lowest BCUT2D eigenvalue weighted by Crippen LogP contribution is -2.31. The molecule has 3 nitrogen and oxygen atoms in total. The average molecular weight is 371 g/mol. The Balaban J connectivity index is 1.77. The van der Waals surface area contributed by atoms with Crippen LogP contribution in [0.3, 0.4) is 0 Å². The van der Waals surface area contributed by atoms with Crippen molar-refractivity contribution in [2.45, 2.75) is 55.4 Å². The number of benzene rings is 2. The Morgan fingerprint density at radius 2 is 1.65 bits per heavy atom. The molecule has 26 heavy (non-hydrogen) atoms. The van der Waals surface area contributed by atoms with Gasteiger partial charge in [-0.25, -0.2) is 0 Å².